The van der Waals surface area contributed by atoms with Gasteiger partial charge in [-0.2, -0.15) is 0 Å². The van der Waals surface area contributed by atoms with Gasteiger partial charge in [0.25, 0.3) is 11.8 Å². The molecule has 2 aliphatic heterocycles. The molecule has 0 radical (unpaired) electrons. The minimum absolute atomic E-state index is 0.107. The van der Waals surface area contributed by atoms with Crippen molar-refractivity contribution in [2.75, 3.05) is 40.3 Å². The topological polar surface area (TPSA) is 83.4 Å². The van der Waals surface area contributed by atoms with Crippen molar-refractivity contribution >= 4 is 23.2 Å². The minimum Gasteiger partial charge on any atom is -0.348 e. The lowest BCUT2D eigenvalue weighted by Crippen LogP contribution is -2.47. The van der Waals surface area contributed by atoms with Crippen LogP contribution in [0.2, 0.25) is 0 Å². The highest BCUT2D eigenvalue weighted by molar-refractivity contribution is 7.13. The van der Waals surface area contributed by atoms with Crippen molar-refractivity contribution < 1.29 is 9.59 Å². The van der Waals surface area contributed by atoms with E-state index in [-0.39, 0.29) is 17.2 Å². The monoisotopic (exact) mass is 430 g/mol. The molecule has 1 spiro atoms. The SMILES string of the molecule is Cc1ccc(C(=O)N2CCC3(CCc4nnc(C(=O)NCCN(C)C)n4C3)CC2)s1. The van der Waals surface area contributed by atoms with Crippen LogP contribution in [0.25, 0.3) is 0 Å². The summed E-state index contributed by atoms with van der Waals surface area (Å²) >= 11 is 1.56. The number of aryl methyl sites for hydroxylation is 2. The molecule has 30 heavy (non-hydrogen) atoms. The first-order chi connectivity index (χ1) is 14.4. The first kappa shape index (κ1) is 21.0. The van der Waals surface area contributed by atoms with Gasteiger partial charge in [0.05, 0.1) is 4.88 Å². The molecule has 2 aliphatic rings. The van der Waals surface area contributed by atoms with E-state index in [1.165, 1.54) is 0 Å². The van der Waals surface area contributed by atoms with Crippen molar-refractivity contribution in [3.63, 3.8) is 0 Å². The molecule has 0 saturated carbocycles. The van der Waals surface area contributed by atoms with Crippen LogP contribution in [0, 0.1) is 12.3 Å². The fourth-order valence-corrected chi connectivity index (χ4v) is 5.25. The van der Waals surface area contributed by atoms with Gasteiger partial charge in [0.1, 0.15) is 5.82 Å². The zero-order chi connectivity index (χ0) is 21.3. The van der Waals surface area contributed by atoms with E-state index < -0.39 is 0 Å². The number of likely N-dealkylation sites (tertiary alicyclic amines) is 1. The molecule has 2 aromatic heterocycles. The molecule has 9 heteroatoms. The first-order valence-electron chi connectivity index (χ1n) is 10.6. The van der Waals surface area contributed by atoms with Gasteiger partial charge >= 0.3 is 0 Å². The van der Waals surface area contributed by atoms with Crippen LogP contribution in [0.5, 0.6) is 0 Å². The van der Waals surface area contributed by atoms with Crippen LogP contribution in [-0.4, -0.2) is 76.7 Å². The van der Waals surface area contributed by atoms with Gasteiger partial charge in [0, 0.05) is 44.0 Å². The van der Waals surface area contributed by atoms with Crippen molar-refractivity contribution in [2.45, 2.75) is 39.2 Å². The summed E-state index contributed by atoms with van der Waals surface area (Å²) in [5.74, 6) is 1.29. The summed E-state index contributed by atoms with van der Waals surface area (Å²) in [7, 11) is 3.96. The number of aromatic nitrogens is 3. The largest absolute Gasteiger partial charge is 0.348 e. The molecule has 2 aromatic rings. The number of carbonyl (C=O) groups excluding carboxylic acids is 2. The van der Waals surface area contributed by atoms with Crippen LogP contribution < -0.4 is 5.32 Å². The maximum Gasteiger partial charge on any atom is 0.289 e. The van der Waals surface area contributed by atoms with E-state index in [0.717, 1.165) is 67.4 Å². The molecule has 0 aromatic carbocycles. The summed E-state index contributed by atoms with van der Waals surface area (Å²) in [5.41, 5.74) is 0.107. The van der Waals surface area contributed by atoms with E-state index in [1.807, 2.05) is 47.5 Å². The molecule has 2 amide bonds. The summed E-state index contributed by atoms with van der Waals surface area (Å²) in [4.78, 5) is 31.4. The van der Waals surface area contributed by atoms with Crippen molar-refractivity contribution in [1.82, 2.24) is 29.9 Å². The minimum atomic E-state index is -0.159. The second-order valence-electron chi connectivity index (χ2n) is 8.79. The third-order valence-electron chi connectivity index (χ3n) is 6.31. The Morgan fingerprint density at radius 2 is 1.97 bits per heavy atom. The molecule has 0 unspecified atom stereocenters. The Morgan fingerprint density at radius 3 is 2.63 bits per heavy atom. The first-order valence-corrected chi connectivity index (χ1v) is 11.4. The average molecular weight is 431 g/mol. The summed E-state index contributed by atoms with van der Waals surface area (Å²) < 4.78 is 2.01. The Balaban J connectivity index is 1.40. The van der Waals surface area contributed by atoms with Crippen LogP contribution in [0.4, 0.5) is 0 Å². The van der Waals surface area contributed by atoms with E-state index in [0.29, 0.717) is 12.4 Å². The van der Waals surface area contributed by atoms with Gasteiger partial charge in [-0.05, 0) is 57.8 Å². The van der Waals surface area contributed by atoms with E-state index in [4.69, 9.17) is 0 Å². The Hall–Kier alpha value is -2.26. The Labute approximate surface area is 181 Å². The van der Waals surface area contributed by atoms with Crippen LogP contribution in [0.3, 0.4) is 0 Å². The van der Waals surface area contributed by atoms with Gasteiger partial charge in [-0.1, -0.05) is 0 Å². The second kappa shape index (κ2) is 8.47. The average Bonchev–Trinajstić information content (AvgIpc) is 3.33. The Morgan fingerprint density at radius 1 is 1.20 bits per heavy atom. The number of fused-ring (bicyclic) bond motifs is 1. The molecule has 0 bridgehead atoms. The number of hydrogen-bond acceptors (Lipinski definition) is 6. The predicted molar refractivity (Wildman–Crippen MR) is 116 cm³/mol. The van der Waals surface area contributed by atoms with Crippen LogP contribution in [0.1, 0.15) is 50.3 Å². The predicted octanol–water partition coefficient (Wildman–Crippen LogP) is 1.81. The highest BCUT2D eigenvalue weighted by atomic mass is 32.1. The highest BCUT2D eigenvalue weighted by Gasteiger charge is 2.40. The van der Waals surface area contributed by atoms with Gasteiger partial charge in [0.15, 0.2) is 0 Å². The quantitative estimate of drug-likeness (QED) is 0.782. The van der Waals surface area contributed by atoms with E-state index >= 15 is 0 Å². The van der Waals surface area contributed by atoms with Gasteiger partial charge < -0.3 is 19.7 Å². The number of piperidine rings is 1. The number of rotatable bonds is 5. The molecule has 1 fully saturated rings. The number of likely N-dealkylation sites (N-methyl/N-ethyl adjacent to an activating group) is 1. The van der Waals surface area contributed by atoms with E-state index in [1.54, 1.807) is 11.3 Å². The number of carbonyl (C=O) groups is 2. The molecule has 8 nitrogen and oxygen atoms in total. The number of hydrogen-bond donors (Lipinski definition) is 1. The number of nitrogens with zero attached hydrogens (tertiary/aromatic N) is 5. The maximum absolute atomic E-state index is 12.8. The molecular weight excluding hydrogens is 400 g/mol. The Kier molecular flexibility index (Phi) is 5.92. The fourth-order valence-electron chi connectivity index (χ4n) is 4.42. The molecule has 4 heterocycles. The van der Waals surface area contributed by atoms with Crippen LogP contribution >= 0.6 is 11.3 Å². The highest BCUT2D eigenvalue weighted by Crippen LogP contribution is 2.41. The molecule has 0 atom stereocenters. The smallest absolute Gasteiger partial charge is 0.289 e. The lowest BCUT2D eigenvalue weighted by Gasteiger charge is -2.44. The molecule has 1 N–H and O–H groups in total. The molecule has 0 aliphatic carbocycles. The molecule has 162 valence electrons. The lowest BCUT2D eigenvalue weighted by molar-refractivity contribution is 0.0469. The van der Waals surface area contributed by atoms with Crippen molar-refractivity contribution in [3.05, 3.63) is 33.5 Å². The number of thiophene rings is 1. The van der Waals surface area contributed by atoms with Gasteiger partial charge in [-0.15, -0.1) is 21.5 Å². The zero-order valence-corrected chi connectivity index (χ0v) is 18.8. The number of nitrogens with one attached hydrogen (secondary N) is 1. The summed E-state index contributed by atoms with van der Waals surface area (Å²) in [6.07, 6.45) is 3.76. The maximum atomic E-state index is 12.8. The third-order valence-corrected chi connectivity index (χ3v) is 7.30. The van der Waals surface area contributed by atoms with Crippen LogP contribution in [-0.2, 0) is 13.0 Å². The summed E-state index contributed by atoms with van der Waals surface area (Å²) in [6, 6.07) is 3.93. The molecule has 1 saturated heterocycles. The molecular formula is C21H30N6O2S. The fraction of sp³-hybridized carbons (Fsp3) is 0.619. The zero-order valence-electron chi connectivity index (χ0n) is 18.0. The van der Waals surface area contributed by atoms with Gasteiger partial charge in [-0.3, -0.25) is 9.59 Å². The molecule has 4 rings (SSSR count). The lowest BCUT2D eigenvalue weighted by atomic mass is 9.73. The van der Waals surface area contributed by atoms with E-state index in [9.17, 15) is 9.59 Å². The second-order valence-corrected chi connectivity index (χ2v) is 10.1. The third kappa shape index (κ3) is 4.27. The standard InChI is InChI=1S/C21H30N6O2S/c1-15-4-5-16(30-15)20(29)26-11-8-21(9-12-26)7-6-17-23-24-18(27(17)14-21)19(28)22-10-13-25(2)3/h4-5H,6-14H2,1-3H3,(H,22,28). The van der Waals surface area contributed by atoms with Crippen LogP contribution in [0.15, 0.2) is 12.1 Å². The Bertz CT molecular complexity index is 926. The van der Waals surface area contributed by atoms with Gasteiger partial charge in [-0.25, -0.2) is 0 Å². The van der Waals surface area contributed by atoms with Crippen molar-refractivity contribution in [3.8, 4) is 0 Å². The number of amides is 2. The summed E-state index contributed by atoms with van der Waals surface area (Å²) in [6.45, 7) is 5.67. The normalized spacial score (nSPS) is 17.9. The summed E-state index contributed by atoms with van der Waals surface area (Å²) in [5, 5.41) is 11.4. The van der Waals surface area contributed by atoms with E-state index in [2.05, 4.69) is 15.5 Å². The van der Waals surface area contributed by atoms with Crippen molar-refractivity contribution in [1.29, 1.82) is 0 Å². The van der Waals surface area contributed by atoms with Gasteiger partial charge in [0.2, 0.25) is 5.82 Å². The van der Waals surface area contributed by atoms with Crippen molar-refractivity contribution in [2.24, 2.45) is 5.41 Å².